The zero-order chi connectivity index (χ0) is 17.9. The molecular weight excluding hydrogens is 332 g/mol. The molecule has 9 heteroatoms. The van der Waals surface area contributed by atoms with Gasteiger partial charge in [0, 0.05) is 24.0 Å². The van der Waals surface area contributed by atoms with Crippen molar-refractivity contribution in [3.8, 4) is 11.3 Å². The van der Waals surface area contributed by atoms with Crippen LogP contribution in [-0.4, -0.2) is 35.4 Å². The van der Waals surface area contributed by atoms with Gasteiger partial charge in [-0.25, -0.2) is 14.6 Å². The molecule has 1 aliphatic rings. The van der Waals surface area contributed by atoms with Gasteiger partial charge in [0.2, 0.25) is 11.9 Å². The number of aromatic nitrogens is 6. The molecule has 0 aromatic carbocycles. The number of hydrogen-bond acceptors (Lipinski definition) is 6. The van der Waals surface area contributed by atoms with Gasteiger partial charge in [-0.3, -0.25) is 9.48 Å². The fourth-order valence-corrected chi connectivity index (χ4v) is 3.30. The van der Waals surface area contributed by atoms with Crippen molar-refractivity contribution in [3.05, 3.63) is 36.9 Å². The third-order valence-electron chi connectivity index (χ3n) is 4.52. The number of nitrogen functional groups attached to an aromatic ring is 1. The highest BCUT2D eigenvalue weighted by atomic mass is 16.2. The Labute approximate surface area is 150 Å². The maximum atomic E-state index is 12.4. The molecule has 1 aliphatic carbocycles. The summed E-state index contributed by atoms with van der Waals surface area (Å²) in [4.78, 5) is 20.4. The van der Waals surface area contributed by atoms with Crippen LogP contribution in [0.5, 0.6) is 0 Å². The Hall–Kier alpha value is -3.23. The van der Waals surface area contributed by atoms with Gasteiger partial charge in [0.25, 0.3) is 0 Å². The Morgan fingerprint density at radius 1 is 1.23 bits per heavy atom. The van der Waals surface area contributed by atoms with Crippen LogP contribution in [0.2, 0.25) is 0 Å². The van der Waals surface area contributed by atoms with Crippen LogP contribution in [0.1, 0.15) is 31.7 Å². The Kier molecular flexibility index (Phi) is 4.34. The van der Waals surface area contributed by atoms with Crippen LogP contribution in [0, 0.1) is 0 Å². The quantitative estimate of drug-likeness (QED) is 0.724. The number of carbonyl (C=O) groups excluding carboxylic acids is 1. The smallest absolute Gasteiger partial charge is 0.247 e. The van der Waals surface area contributed by atoms with E-state index in [-0.39, 0.29) is 18.4 Å². The van der Waals surface area contributed by atoms with Gasteiger partial charge in [-0.05, 0) is 18.9 Å². The average molecular weight is 352 g/mol. The topological polar surface area (TPSA) is 117 Å². The number of nitrogens with one attached hydrogen (secondary N) is 1. The highest BCUT2D eigenvalue weighted by molar-refractivity contribution is 5.89. The van der Waals surface area contributed by atoms with E-state index in [4.69, 9.17) is 5.73 Å². The standard InChI is InChI=1S/C17H20N8O/c18-17-19-7-5-14(22-17)12-9-21-24(10-12)11-16(26)23-15-6-8-20-25(15)13-3-1-2-4-13/h5-10,13H,1-4,11H2,(H,23,26)(H2,18,19,22). The largest absolute Gasteiger partial charge is 0.368 e. The van der Waals surface area contributed by atoms with E-state index < -0.39 is 0 Å². The lowest BCUT2D eigenvalue weighted by Gasteiger charge is -2.14. The molecule has 1 amide bonds. The fourth-order valence-electron chi connectivity index (χ4n) is 3.30. The molecule has 3 N–H and O–H groups in total. The lowest BCUT2D eigenvalue weighted by Crippen LogP contribution is -2.22. The van der Waals surface area contributed by atoms with E-state index in [1.54, 1.807) is 35.5 Å². The van der Waals surface area contributed by atoms with Gasteiger partial charge in [0.15, 0.2) is 0 Å². The minimum atomic E-state index is -0.151. The molecule has 0 atom stereocenters. The number of nitrogens with zero attached hydrogens (tertiary/aromatic N) is 6. The zero-order valence-electron chi connectivity index (χ0n) is 14.2. The maximum absolute atomic E-state index is 12.4. The SMILES string of the molecule is Nc1nccc(-c2cnn(CC(=O)Nc3ccnn3C3CCCC3)c2)n1. The van der Waals surface area contributed by atoms with Gasteiger partial charge >= 0.3 is 0 Å². The summed E-state index contributed by atoms with van der Waals surface area (Å²) in [6.07, 6.45) is 11.4. The molecule has 9 nitrogen and oxygen atoms in total. The van der Waals surface area contributed by atoms with Gasteiger partial charge in [-0.2, -0.15) is 10.2 Å². The first-order valence-electron chi connectivity index (χ1n) is 8.64. The fraction of sp³-hybridized carbons (Fsp3) is 0.353. The number of amides is 1. The molecule has 26 heavy (non-hydrogen) atoms. The average Bonchev–Trinajstić information content (AvgIpc) is 3.36. The molecule has 3 heterocycles. The van der Waals surface area contributed by atoms with Gasteiger partial charge in [0.05, 0.1) is 24.1 Å². The predicted octanol–water partition coefficient (Wildman–Crippen LogP) is 1.87. The molecule has 134 valence electrons. The second-order valence-corrected chi connectivity index (χ2v) is 6.37. The Bertz CT molecular complexity index is 909. The molecule has 1 fully saturated rings. The molecule has 3 aromatic heterocycles. The van der Waals surface area contributed by atoms with Crippen molar-refractivity contribution in [2.24, 2.45) is 0 Å². The molecule has 4 rings (SSSR count). The minimum absolute atomic E-state index is 0.108. The summed E-state index contributed by atoms with van der Waals surface area (Å²) in [5, 5.41) is 11.5. The van der Waals surface area contributed by atoms with Crippen LogP contribution in [0.4, 0.5) is 11.8 Å². The first-order valence-corrected chi connectivity index (χ1v) is 8.64. The minimum Gasteiger partial charge on any atom is -0.368 e. The van der Waals surface area contributed by atoms with Crippen LogP contribution >= 0.6 is 0 Å². The molecule has 0 unspecified atom stereocenters. The first-order chi connectivity index (χ1) is 12.7. The summed E-state index contributed by atoms with van der Waals surface area (Å²) in [6, 6.07) is 3.95. The summed E-state index contributed by atoms with van der Waals surface area (Å²) in [5.74, 6) is 0.785. The molecule has 0 aliphatic heterocycles. The number of hydrogen-bond donors (Lipinski definition) is 2. The van der Waals surface area contributed by atoms with Crippen molar-refractivity contribution in [3.63, 3.8) is 0 Å². The summed E-state index contributed by atoms with van der Waals surface area (Å²) in [5.41, 5.74) is 7.05. The van der Waals surface area contributed by atoms with E-state index >= 15 is 0 Å². The van der Waals surface area contributed by atoms with Crippen molar-refractivity contribution in [2.45, 2.75) is 38.3 Å². The van der Waals surface area contributed by atoms with Crippen molar-refractivity contribution in [2.75, 3.05) is 11.1 Å². The monoisotopic (exact) mass is 352 g/mol. The Balaban J connectivity index is 1.42. The summed E-state index contributed by atoms with van der Waals surface area (Å²) < 4.78 is 3.49. The Morgan fingerprint density at radius 3 is 2.88 bits per heavy atom. The van der Waals surface area contributed by atoms with Gasteiger partial charge in [-0.1, -0.05) is 12.8 Å². The second kappa shape index (κ2) is 6.95. The second-order valence-electron chi connectivity index (χ2n) is 6.37. The van der Waals surface area contributed by atoms with E-state index in [1.165, 1.54) is 12.8 Å². The summed E-state index contributed by atoms with van der Waals surface area (Å²) in [7, 11) is 0. The third kappa shape index (κ3) is 3.41. The van der Waals surface area contributed by atoms with Crippen molar-refractivity contribution < 1.29 is 4.79 Å². The molecule has 0 saturated heterocycles. The van der Waals surface area contributed by atoms with Crippen LogP contribution < -0.4 is 11.1 Å². The molecule has 3 aromatic rings. The Morgan fingerprint density at radius 2 is 2.08 bits per heavy atom. The molecule has 0 spiro atoms. The highest BCUT2D eigenvalue weighted by Crippen LogP contribution is 2.31. The van der Waals surface area contributed by atoms with E-state index in [0.29, 0.717) is 11.7 Å². The lowest BCUT2D eigenvalue weighted by atomic mass is 10.2. The molecular formula is C17H20N8O. The van der Waals surface area contributed by atoms with Crippen molar-refractivity contribution in [1.82, 2.24) is 29.5 Å². The third-order valence-corrected chi connectivity index (χ3v) is 4.52. The van der Waals surface area contributed by atoms with Crippen LogP contribution in [-0.2, 0) is 11.3 Å². The molecule has 0 radical (unpaired) electrons. The lowest BCUT2D eigenvalue weighted by molar-refractivity contribution is -0.117. The molecule has 1 saturated carbocycles. The highest BCUT2D eigenvalue weighted by Gasteiger charge is 2.20. The van der Waals surface area contributed by atoms with Gasteiger partial charge in [0.1, 0.15) is 12.4 Å². The maximum Gasteiger partial charge on any atom is 0.247 e. The van der Waals surface area contributed by atoms with Crippen LogP contribution in [0.3, 0.4) is 0 Å². The number of anilines is 2. The summed E-state index contributed by atoms with van der Waals surface area (Å²) >= 11 is 0. The van der Waals surface area contributed by atoms with E-state index in [2.05, 4.69) is 25.5 Å². The zero-order valence-corrected chi connectivity index (χ0v) is 14.2. The van der Waals surface area contributed by atoms with E-state index in [9.17, 15) is 4.79 Å². The number of carbonyl (C=O) groups is 1. The van der Waals surface area contributed by atoms with Gasteiger partial charge < -0.3 is 11.1 Å². The van der Waals surface area contributed by atoms with E-state index in [1.807, 2.05) is 10.7 Å². The van der Waals surface area contributed by atoms with Crippen molar-refractivity contribution in [1.29, 1.82) is 0 Å². The molecule has 0 bridgehead atoms. The van der Waals surface area contributed by atoms with Gasteiger partial charge in [-0.15, -0.1) is 0 Å². The van der Waals surface area contributed by atoms with Crippen LogP contribution in [0.15, 0.2) is 36.9 Å². The number of nitrogens with two attached hydrogens (primary N) is 1. The van der Waals surface area contributed by atoms with Crippen LogP contribution in [0.25, 0.3) is 11.3 Å². The first kappa shape index (κ1) is 16.2. The van der Waals surface area contributed by atoms with Crippen molar-refractivity contribution >= 4 is 17.7 Å². The predicted molar refractivity (Wildman–Crippen MR) is 96.0 cm³/mol. The summed E-state index contributed by atoms with van der Waals surface area (Å²) in [6.45, 7) is 0.108. The normalized spacial score (nSPS) is 14.6. The van der Waals surface area contributed by atoms with E-state index in [0.717, 1.165) is 24.2 Å². The number of rotatable bonds is 5.